The summed E-state index contributed by atoms with van der Waals surface area (Å²) in [5.74, 6) is 0.802. The molecule has 8 nitrogen and oxygen atoms in total. The van der Waals surface area contributed by atoms with Crippen LogP contribution in [0.15, 0.2) is 40.0 Å². The van der Waals surface area contributed by atoms with Gasteiger partial charge in [0.2, 0.25) is 10.0 Å². The fourth-order valence-electron chi connectivity index (χ4n) is 3.00. The zero-order valence-electron chi connectivity index (χ0n) is 15.3. The lowest BCUT2D eigenvalue weighted by Crippen LogP contribution is -2.41. The minimum absolute atomic E-state index is 0.0430. The van der Waals surface area contributed by atoms with E-state index in [0.29, 0.717) is 42.0 Å². The van der Waals surface area contributed by atoms with E-state index >= 15 is 0 Å². The highest BCUT2D eigenvalue weighted by Gasteiger charge is 2.27. The number of rotatable bonds is 8. The summed E-state index contributed by atoms with van der Waals surface area (Å²) in [7, 11) is -2.26. The average molecular weight is 474 g/mol. The third-order valence-corrected chi connectivity index (χ3v) is 6.27. The van der Waals surface area contributed by atoms with Gasteiger partial charge in [0.1, 0.15) is 23.2 Å². The Morgan fingerprint density at radius 2 is 2.29 bits per heavy atom. The summed E-state index contributed by atoms with van der Waals surface area (Å²) in [6.45, 7) is 3.70. The average Bonchev–Trinajstić information content (AvgIpc) is 3.01. The third kappa shape index (κ3) is 4.96. The fourth-order valence-corrected chi connectivity index (χ4v) is 4.78. The van der Waals surface area contributed by atoms with Crippen molar-refractivity contribution in [3.8, 4) is 0 Å². The van der Waals surface area contributed by atoms with E-state index in [1.54, 1.807) is 23.9 Å². The fraction of sp³-hybridized carbons (Fsp3) is 0.412. The van der Waals surface area contributed by atoms with Gasteiger partial charge in [-0.25, -0.2) is 27.2 Å². The molecular weight excluding hydrogens is 453 g/mol. The summed E-state index contributed by atoms with van der Waals surface area (Å²) in [5, 5.41) is 7.11. The number of nitrogens with zero attached hydrogens (tertiary/aromatic N) is 3. The molecule has 0 bridgehead atoms. The van der Waals surface area contributed by atoms with Gasteiger partial charge in [0, 0.05) is 24.0 Å². The van der Waals surface area contributed by atoms with Crippen molar-refractivity contribution in [3.05, 3.63) is 46.7 Å². The molecule has 1 unspecified atom stereocenters. The van der Waals surface area contributed by atoms with Gasteiger partial charge in [-0.2, -0.15) is 5.10 Å². The SMILES string of the molecule is C=C(F)CNc1cc(Br)ccc1S(=O)(=O)NC1CCc2nc(COC)nn2C1. The molecule has 1 atom stereocenters. The molecule has 0 amide bonds. The summed E-state index contributed by atoms with van der Waals surface area (Å²) >= 11 is 3.30. The van der Waals surface area contributed by atoms with Gasteiger partial charge in [-0.05, 0) is 24.6 Å². The van der Waals surface area contributed by atoms with Crippen LogP contribution in [-0.4, -0.2) is 42.9 Å². The predicted molar refractivity (Wildman–Crippen MR) is 106 cm³/mol. The summed E-state index contributed by atoms with van der Waals surface area (Å²) in [6, 6.07) is 4.35. The van der Waals surface area contributed by atoms with E-state index in [4.69, 9.17) is 4.74 Å². The number of aromatic nitrogens is 3. The Bertz CT molecular complexity index is 979. The van der Waals surface area contributed by atoms with Gasteiger partial charge in [0.15, 0.2) is 5.82 Å². The largest absolute Gasteiger partial charge is 0.377 e. The molecule has 1 aromatic carbocycles. The second kappa shape index (κ2) is 8.68. The quantitative estimate of drug-likeness (QED) is 0.610. The number of hydrogen-bond acceptors (Lipinski definition) is 6. The first-order chi connectivity index (χ1) is 13.3. The topological polar surface area (TPSA) is 98.1 Å². The van der Waals surface area contributed by atoms with Crippen LogP contribution in [0, 0.1) is 0 Å². The van der Waals surface area contributed by atoms with Gasteiger partial charge in [0.25, 0.3) is 0 Å². The van der Waals surface area contributed by atoms with Crippen LogP contribution < -0.4 is 10.0 Å². The molecule has 0 spiro atoms. The summed E-state index contributed by atoms with van der Waals surface area (Å²) in [5.41, 5.74) is 0.292. The molecule has 0 aliphatic carbocycles. The first-order valence-electron chi connectivity index (χ1n) is 8.59. The highest BCUT2D eigenvalue weighted by Crippen LogP contribution is 2.27. The van der Waals surface area contributed by atoms with Crippen LogP contribution >= 0.6 is 15.9 Å². The van der Waals surface area contributed by atoms with Crippen LogP contribution in [0.4, 0.5) is 10.1 Å². The monoisotopic (exact) mass is 473 g/mol. The van der Waals surface area contributed by atoms with E-state index < -0.39 is 15.9 Å². The van der Waals surface area contributed by atoms with Crippen LogP contribution in [-0.2, 0) is 34.3 Å². The Balaban J connectivity index is 1.77. The number of fused-ring (bicyclic) bond motifs is 1. The van der Waals surface area contributed by atoms with Crippen molar-refractivity contribution >= 4 is 31.6 Å². The first kappa shape index (κ1) is 20.9. The summed E-state index contributed by atoms with van der Waals surface area (Å²) < 4.78 is 49.1. The molecule has 0 fully saturated rings. The van der Waals surface area contributed by atoms with Gasteiger partial charge < -0.3 is 10.1 Å². The van der Waals surface area contributed by atoms with Crippen molar-refractivity contribution < 1.29 is 17.5 Å². The van der Waals surface area contributed by atoms with Gasteiger partial charge in [0.05, 0.1) is 18.8 Å². The zero-order chi connectivity index (χ0) is 20.3. The van der Waals surface area contributed by atoms with Crippen LogP contribution in [0.2, 0.25) is 0 Å². The Kier molecular flexibility index (Phi) is 6.48. The van der Waals surface area contributed by atoms with E-state index in [0.717, 1.165) is 5.82 Å². The third-order valence-electron chi connectivity index (χ3n) is 4.20. The minimum atomic E-state index is -3.83. The molecular formula is C17H21BrFN5O3S. The number of halogens is 2. The number of nitrogens with one attached hydrogen (secondary N) is 2. The van der Waals surface area contributed by atoms with Gasteiger partial charge in [-0.3, -0.25) is 0 Å². The molecule has 3 rings (SSSR count). The van der Waals surface area contributed by atoms with Crippen molar-refractivity contribution in [2.24, 2.45) is 0 Å². The Morgan fingerprint density at radius 3 is 3.00 bits per heavy atom. The minimum Gasteiger partial charge on any atom is -0.377 e. The number of benzene rings is 1. The van der Waals surface area contributed by atoms with E-state index in [2.05, 4.69) is 42.6 Å². The summed E-state index contributed by atoms with van der Waals surface area (Å²) in [4.78, 5) is 4.43. The van der Waals surface area contributed by atoms with E-state index in [1.807, 2.05) is 0 Å². The predicted octanol–water partition coefficient (Wildman–Crippen LogP) is 2.38. The number of sulfonamides is 1. The van der Waals surface area contributed by atoms with Gasteiger partial charge in [-0.1, -0.05) is 22.5 Å². The van der Waals surface area contributed by atoms with E-state index in [9.17, 15) is 12.8 Å². The van der Waals surface area contributed by atoms with Gasteiger partial charge >= 0.3 is 0 Å². The van der Waals surface area contributed by atoms with Crippen LogP contribution in [0.5, 0.6) is 0 Å². The smallest absolute Gasteiger partial charge is 0.242 e. The first-order valence-corrected chi connectivity index (χ1v) is 10.9. The van der Waals surface area contributed by atoms with Crippen molar-refractivity contribution in [3.63, 3.8) is 0 Å². The molecule has 1 aliphatic heterocycles. The lowest BCUT2D eigenvalue weighted by Gasteiger charge is -2.24. The number of methoxy groups -OCH3 is 1. The molecule has 152 valence electrons. The Morgan fingerprint density at radius 1 is 1.50 bits per heavy atom. The molecule has 0 saturated carbocycles. The number of anilines is 1. The molecule has 11 heteroatoms. The van der Waals surface area contributed by atoms with Crippen molar-refractivity contribution in [1.82, 2.24) is 19.5 Å². The molecule has 2 aromatic rings. The van der Waals surface area contributed by atoms with Crippen LogP contribution in [0.1, 0.15) is 18.1 Å². The van der Waals surface area contributed by atoms with E-state index in [1.165, 1.54) is 6.07 Å². The Labute approximate surface area is 171 Å². The normalized spacial score (nSPS) is 16.6. The second-order valence-corrected chi connectivity index (χ2v) is 9.03. The van der Waals surface area contributed by atoms with Crippen LogP contribution in [0.25, 0.3) is 0 Å². The maximum absolute atomic E-state index is 13.0. The molecule has 0 radical (unpaired) electrons. The van der Waals surface area contributed by atoms with Gasteiger partial charge in [-0.15, -0.1) is 0 Å². The maximum Gasteiger partial charge on any atom is 0.242 e. The molecule has 28 heavy (non-hydrogen) atoms. The summed E-state index contributed by atoms with van der Waals surface area (Å²) in [6.07, 6.45) is 1.21. The highest BCUT2D eigenvalue weighted by atomic mass is 79.9. The maximum atomic E-state index is 13.0. The lowest BCUT2D eigenvalue weighted by molar-refractivity contribution is 0.177. The van der Waals surface area contributed by atoms with E-state index in [-0.39, 0.29) is 17.5 Å². The zero-order valence-corrected chi connectivity index (χ0v) is 17.7. The highest BCUT2D eigenvalue weighted by molar-refractivity contribution is 9.10. The van der Waals surface area contributed by atoms with Crippen LogP contribution in [0.3, 0.4) is 0 Å². The lowest BCUT2D eigenvalue weighted by atomic mass is 10.1. The number of aryl methyl sites for hydroxylation is 1. The second-order valence-electron chi connectivity index (χ2n) is 6.43. The Hall–Kier alpha value is -1.82. The standard InChI is InChI=1S/C17H21BrFN5O3S/c1-11(19)8-20-14-7-12(18)3-5-15(14)28(25,26)23-13-4-6-17-21-16(10-27-2)22-24(17)9-13/h3,5,7,13,20,23H,1,4,6,8-10H2,2H3. The molecule has 2 heterocycles. The van der Waals surface area contributed by atoms with Crippen molar-refractivity contribution in [2.75, 3.05) is 19.0 Å². The molecule has 2 N–H and O–H groups in total. The van der Waals surface area contributed by atoms with Crippen molar-refractivity contribution in [2.45, 2.75) is 36.9 Å². The molecule has 1 aliphatic rings. The number of ether oxygens (including phenoxy) is 1. The molecule has 0 saturated heterocycles. The molecule has 1 aromatic heterocycles. The van der Waals surface area contributed by atoms with Crippen molar-refractivity contribution in [1.29, 1.82) is 0 Å². The number of hydrogen-bond donors (Lipinski definition) is 2.